The molecule has 2 aromatic rings. The van der Waals surface area contributed by atoms with E-state index in [0.717, 1.165) is 28.3 Å². The molecule has 1 aliphatic carbocycles. The summed E-state index contributed by atoms with van der Waals surface area (Å²) in [6.45, 7) is 1.40. The number of carbonyl (C=O) groups is 2. The largest absolute Gasteiger partial charge is 0.342 e. The molecule has 0 atom stereocenters. The monoisotopic (exact) mass is 437 g/mol. The van der Waals surface area contributed by atoms with Gasteiger partial charge in [0.25, 0.3) is 5.91 Å². The first-order valence-corrected chi connectivity index (χ1v) is 10.4. The molecule has 0 radical (unpaired) electrons. The van der Waals surface area contributed by atoms with Gasteiger partial charge in [-0.25, -0.2) is 4.98 Å². The number of aromatic nitrogens is 3. The van der Waals surface area contributed by atoms with Gasteiger partial charge < -0.3 is 10.2 Å². The zero-order chi connectivity index (χ0) is 18.1. The molecule has 0 bridgehead atoms. The van der Waals surface area contributed by atoms with Crippen molar-refractivity contribution in [2.24, 2.45) is 0 Å². The maximum absolute atomic E-state index is 12.4. The van der Waals surface area contributed by atoms with Crippen molar-refractivity contribution in [3.05, 3.63) is 32.4 Å². The molecule has 26 heavy (non-hydrogen) atoms. The highest BCUT2D eigenvalue weighted by Gasteiger charge is 2.30. The van der Waals surface area contributed by atoms with Crippen molar-refractivity contribution in [2.45, 2.75) is 37.5 Å². The minimum absolute atomic E-state index is 0.0349. The molecule has 0 unspecified atom stereocenters. The number of nitrogens with one attached hydrogen (secondary N) is 2. The molecule has 2 aromatic heterocycles. The Morgan fingerprint density at radius 1 is 1.23 bits per heavy atom. The van der Waals surface area contributed by atoms with Crippen LogP contribution in [0, 0.1) is 0 Å². The van der Waals surface area contributed by atoms with Crippen LogP contribution in [0.4, 0.5) is 0 Å². The highest BCUT2D eigenvalue weighted by molar-refractivity contribution is 9.11. The molecular weight excluding hydrogens is 418 g/mol. The van der Waals surface area contributed by atoms with Crippen LogP contribution in [-0.4, -0.2) is 51.5 Å². The zero-order valence-corrected chi connectivity index (χ0v) is 16.6. The maximum atomic E-state index is 12.4. The van der Waals surface area contributed by atoms with Crippen LogP contribution in [0.3, 0.4) is 0 Å². The smallest absolute Gasteiger partial charge is 0.261 e. The second-order valence-corrected chi connectivity index (χ2v) is 9.26. The third-order valence-corrected chi connectivity index (χ3v) is 6.52. The number of amides is 2. The van der Waals surface area contributed by atoms with Crippen molar-refractivity contribution in [3.8, 4) is 0 Å². The molecule has 138 valence electrons. The van der Waals surface area contributed by atoms with Crippen LogP contribution in [0.25, 0.3) is 0 Å². The lowest BCUT2D eigenvalue weighted by molar-refractivity contribution is -0.131. The van der Waals surface area contributed by atoms with E-state index in [2.05, 4.69) is 36.4 Å². The normalized spacial score (nSPS) is 18.1. The van der Waals surface area contributed by atoms with Crippen LogP contribution in [-0.2, 0) is 4.79 Å². The second-order valence-electron chi connectivity index (χ2n) is 6.79. The summed E-state index contributed by atoms with van der Waals surface area (Å²) < 4.78 is 0.897. The van der Waals surface area contributed by atoms with Gasteiger partial charge in [-0.2, -0.15) is 5.10 Å². The Labute approximate surface area is 163 Å². The summed E-state index contributed by atoms with van der Waals surface area (Å²) in [6, 6.07) is 3.57. The number of piperidine rings is 1. The van der Waals surface area contributed by atoms with Crippen LogP contribution < -0.4 is 5.32 Å². The quantitative estimate of drug-likeness (QED) is 0.751. The Bertz CT molecular complexity index is 808. The van der Waals surface area contributed by atoms with Crippen molar-refractivity contribution in [3.63, 3.8) is 0 Å². The lowest BCUT2D eigenvalue weighted by Crippen LogP contribution is -2.43. The number of rotatable bonds is 5. The molecule has 3 heterocycles. The number of thiophene rings is 1. The predicted octanol–water partition coefficient (Wildman–Crippen LogP) is 2.64. The van der Waals surface area contributed by atoms with Crippen molar-refractivity contribution < 1.29 is 9.59 Å². The van der Waals surface area contributed by atoms with Gasteiger partial charge in [0.15, 0.2) is 5.82 Å². The fraction of sp³-hybridized carbons (Fsp3) is 0.529. The number of hydrogen-bond donors (Lipinski definition) is 2. The molecule has 4 rings (SSSR count). The number of halogens is 1. The molecule has 9 heteroatoms. The van der Waals surface area contributed by atoms with E-state index < -0.39 is 0 Å². The number of aromatic amines is 1. The van der Waals surface area contributed by atoms with E-state index in [-0.39, 0.29) is 18.4 Å². The average Bonchev–Trinajstić information content (AvgIpc) is 3.22. The first-order valence-electron chi connectivity index (χ1n) is 8.83. The summed E-state index contributed by atoms with van der Waals surface area (Å²) in [5.74, 6) is 2.53. The first kappa shape index (κ1) is 17.7. The van der Waals surface area contributed by atoms with Gasteiger partial charge in [-0.15, -0.1) is 11.3 Å². The Morgan fingerprint density at radius 2 is 2.00 bits per heavy atom. The fourth-order valence-corrected chi connectivity index (χ4v) is 4.49. The van der Waals surface area contributed by atoms with Crippen molar-refractivity contribution >= 4 is 39.1 Å². The van der Waals surface area contributed by atoms with Crippen LogP contribution in [0.1, 0.15) is 58.8 Å². The fourth-order valence-electron chi connectivity index (χ4n) is 3.19. The standard InChI is InChI=1S/C17H20BrN5O2S/c18-13-4-3-12(26-13)17(25)19-9-14(24)23-7-5-11(6-8-23)16-20-15(21-22-16)10-1-2-10/h3-4,10-11H,1-2,5-9H2,(H,19,25)(H,20,21,22). The lowest BCUT2D eigenvalue weighted by Gasteiger charge is -2.31. The van der Waals surface area contributed by atoms with E-state index in [1.165, 1.54) is 24.2 Å². The summed E-state index contributed by atoms with van der Waals surface area (Å²) in [5.41, 5.74) is 0. The highest BCUT2D eigenvalue weighted by atomic mass is 79.9. The molecule has 2 N–H and O–H groups in total. The van der Waals surface area contributed by atoms with Gasteiger partial charge in [-0.05, 0) is 53.7 Å². The van der Waals surface area contributed by atoms with E-state index in [1.807, 2.05) is 11.0 Å². The summed E-state index contributed by atoms with van der Waals surface area (Å²) in [6.07, 6.45) is 4.13. The Morgan fingerprint density at radius 3 is 2.65 bits per heavy atom. The van der Waals surface area contributed by atoms with Crippen molar-refractivity contribution in [1.82, 2.24) is 25.4 Å². The van der Waals surface area contributed by atoms with Crippen LogP contribution in [0.15, 0.2) is 15.9 Å². The summed E-state index contributed by atoms with van der Waals surface area (Å²) in [5, 5.41) is 10.1. The Hall–Kier alpha value is -1.74. The van der Waals surface area contributed by atoms with E-state index in [1.54, 1.807) is 6.07 Å². The molecular formula is C17H20BrN5O2S. The van der Waals surface area contributed by atoms with Gasteiger partial charge in [-0.1, -0.05) is 0 Å². The van der Waals surface area contributed by atoms with Crippen LogP contribution in [0.2, 0.25) is 0 Å². The summed E-state index contributed by atoms with van der Waals surface area (Å²) in [7, 11) is 0. The minimum atomic E-state index is -0.210. The zero-order valence-electron chi connectivity index (χ0n) is 14.2. The lowest BCUT2D eigenvalue weighted by atomic mass is 9.96. The summed E-state index contributed by atoms with van der Waals surface area (Å²) in [4.78, 5) is 31.4. The van der Waals surface area contributed by atoms with Gasteiger partial charge in [-0.3, -0.25) is 14.7 Å². The molecule has 1 aliphatic heterocycles. The summed E-state index contributed by atoms with van der Waals surface area (Å²) >= 11 is 4.68. The van der Waals surface area contributed by atoms with Crippen molar-refractivity contribution in [2.75, 3.05) is 19.6 Å². The van der Waals surface area contributed by atoms with Crippen molar-refractivity contribution in [1.29, 1.82) is 0 Å². The number of nitrogens with zero attached hydrogens (tertiary/aromatic N) is 3. The molecule has 0 aromatic carbocycles. The number of carbonyl (C=O) groups excluding carboxylic acids is 2. The van der Waals surface area contributed by atoms with Crippen LogP contribution in [0.5, 0.6) is 0 Å². The average molecular weight is 438 g/mol. The molecule has 2 aliphatic rings. The number of likely N-dealkylation sites (tertiary alicyclic amines) is 1. The molecule has 1 saturated carbocycles. The van der Waals surface area contributed by atoms with E-state index >= 15 is 0 Å². The molecule has 7 nitrogen and oxygen atoms in total. The highest BCUT2D eigenvalue weighted by Crippen LogP contribution is 2.38. The van der Waals surface area contributed by atoms with E-state index in [9.17, 15) is 9.59 Å². The third kappa shape index (κ3) is 3.98. The Balaban J connectivity index is 1.24. The van der Waals surface area contributed by atoms with Gasteiger partial charge in [0.2, 0.25) is 5.91 Å². The van der Waals surface area contributed by atoms with Gasteiger partial charge in [0, 0.05) is 24.9 Å². The molecule has 2 amide bonds. The van der Waals surface area contributed by atoms with Gasteiger partial charge in [0.05, 0.1) is 15.2 Å². The van der Waals surface area contributed by atoms with Crippen LogP contribution >= 0.6 is 27.3 Å². The molecule has 1 saturated heterocycles. The molecule has 2 fully saturated rings. The van der Waals surface area contributed by atoms with E-state index in [4.69, 9.17) is 0 Å². The predicted molar refractivity (Wildman–Crippen MR) is 101 cm³/mol. The third-order valence-electron chi connectivity index (χ3n) is 4.89. The minimum Gasteiger partial charge on any atom is -0.342 e. The SMILES string of the molecule is O=C(NCC(=O)N1CCC(c2nc(C3CC3)n[nH]2)CC1)c1ccc(Br)s1. The Kier molecular flexibility index (Phi) is 5.08. The molecule has 0 spiro atoms. The van der Waals surface area contributed by atoms with E-state index in [0.29, 0.717) is 29.8 Å². The first-order chi connectivity index (χ1) is 12.6. The van der Waals surface area contributed by atoms with Gasteiger partial charge in [0.1, 0.15) is 5.82 Å². The number of hydrogen-bond acceptors (Lipinski definition) is 5. The second kappa shape index (κ2) is 7.48. The number of H-pyrrole nitrogens is 1. The maximum Gasteiger partial charge on any atom is 0.261 e. The van der Waals surface area contributed by atoms with Gasteiger partial charge >= 0.3 is 0 Å². The topological polar surface area (TPSA) is 91.0 Å².